The molecule has 0 saturated carbocycles. The van der Waals surface area contributed by atoms with Crippen LogP contribution in [0.4, 0.5) is 0 Å². The molecule has 0 unspecified atom stereocenters. The number of hydrogen-bond donors (Lipinski definition) is 5. The Morgan fingerprint density at radius 3 is 2.52 bits per heavy atom. The van der Waals surface area contributed by atoms with Crippen LogP contribution >= 0.6 is 21.6 Å². The van der Waals surface area contributed by atoms with Crippen molar-refractivity contribution < 1.29 is 29.7 Å². The van der Waals surface area contributed by atoms with E-state index in [4.69, 9.17) is 15.3 Å². The van der Waals surface area contributed by atoms with Gasteiger partial charge in [0.05, 0.1) is 0 Å². The first-order valence-corrected chi connectivity index (χ1v) is 10.7. The zero-order valence-electron chi connectivity index (χ0n) is 14.0. The Kier molecular flexibility index (Phi) is 10.9. The molecule has 1 fully saturated rings. The summed E-state index contributed by atoms with van der Waals surface area (Å²) in [4.78, 5) is 34.4. The quantitative estimate of drug-likeness (QED) is 0.183. The van der Waals surface area contributed by atoms with E-state index in [0.717, 1.165) is 19.3 Å². The number of aliphatic carboxylic acids is 1. The normalized spacial score (nSPS) is 18.1. The maximum Gasteiger partial charge on any atom is 0.322 e. The van der Waals surface area contributed by atoms with Gasteiger partial charge in [-0.1, -0.05) is 28.0 Å². The molecule has 1 heterocycles. The Balaban J connectivity index is 2.33. The summed E-state index contributed by atoms with van der Waals surface area (Å²) in [6, 6.07) is -0.976. The smallest absolute Gasteiger partial charge is 0.322 e. The van der Waals surface area contributed by atoms with E-state index in [1.165, 1.54) is 12.2 Å². The van der Waals surface area contributed by atoms with Crippen LogP contribution in [0.3, 0.4) is 0 Å². The molecule has 0 aliphatic carbocycles. The fraction of sp³-hybridized carbons (Fsp3) is 0.800. The zero-order chi connectivity index (χ0) is 18.7. The van der Waals surface area contributed by atoms with Crippen LogP contribution < -0.4 is 10.6 Å². The van der Waals surface area contributed by atoms with Gasteiger partial charge in [0.25, 0.3) is 0 Å². The summed E-state index contributed by atoms with van der Waals surface area (Å²) >= 11 is 0. The first kappa shape index (κ1) is 22.1. The van der Waals surface area contributed by atoms with E-state index in [1.54, 1.807) is 0 Å². The molecule has 1 rings (SSSR count). The molecule has 5 N–H and O–H groups in total. The number of carbonyl (C=O) groups is 3. The Bertz CT molecular complexity index is 444. The van der Waals surface area contributed by atoms with Crippen molar-refractivity contribution in [2.24, 2.45) is 0 Å². The minimum Gasteiger partial charge on any atom is -0.480 e. The van der Waals surface area contributed by atoms with Crippen molar-refractivity contribution in [3.8, 4) is 0 Å². The summed E-state index contributed by atoms with van der Waals surface area (Å²) in [6.07, 6.45) is 2.56. The van der Waals surface area contributed by atoms with E-state index in [9.17, 15) is 14.4 Å². The summed E-state index contributed by atoms with van der Waals surface area (Å²) in [6.45, 7) is -0.552. The fourth-order valence-corrected chi connectivity index (χ4v) is 5.39. The Labute approximate surface area is 154 Å². The number of unbranched alkanes of at least 4 members (excludes halogenated alkanes) is 1. The largest absolute Gasteiger partial charge is 0.480 e. The number of aliphatic hydroxyl groups is 2. The summed E-state index contributed by atoms with van der Waals surface area (Å²) in [5, 5.41) is 31.8. The van der Waals surface area contributed by atoms with Crippen LogP contribution in [-0.2, 0) is 14.4 Å². The van der Waals surface area contributed by atoms with Crippen molar-refractivity contribution in [2.45, 2.75) is 62.5 Å². The highest BCUT2D eigenvalue weighted by molar-refractivity contribution is 8.77. The minimum absolute atomic E-state index is 0.0186. The molecule has 0 radical (unpaired) electrons. The summed E-state index contributed by atoms with van der Waals surface area (Å²) in [5.41, 5.74) is 0. The number of carbonyl (C=O) groups excluding carboxylic acids is 2. The van der Waals surface area contributed by atoms with Crippen LogP contribution in [0.15, 0.2) is 0 Å². The van der Waals surface area contributed by atoms with E-state index in [0.29, 0.717) is 5.25 Å². The second-order valence-electron chi connectivity index (χ2n) is 5.86. The second-order valence-corrected chi connectivity index (χ2v) is 8.65. The summed E-state index contributed by atoms with van der Waals surface area (Å²) in [7, 11) is 3.78. The number of rotatable bonds is 12. The highest BCUT2D eigenvalue weighted by Crippen LogP contribution is 2.39. The number of carboxylic acid groups (broad SMARTS) is 1. The first-order valence-electron chi connectivity index (χ1n) is 8.31. The highest BCUT2D eigenvalue weighted by atomic mass is 33.1. The van der Waals surface area contributed by atoms with E-state index in [2.05, 4.69) is 10.6 Å². The topological polar surface area (TPSA) is 136 Å². The van der Waals surface area contributed by atoms with Gasteiger partial charge in [-0.2, -0.15) is 0 Å². The number of aliphatic hydroxyl groups excluding tert-OH is 1. The Morgan fingerprint density at radius 2 is 1.92 bits per heavy atom. The number of amides is 2. The molecule has 0 bridgehead atoms. The predicted octanol–water partition coefficient (Wildman–Crippen LogP) is 0.477. The standard InChI is InChI=1S/C15H26N2O6S2/c18-12(4-2-1-3-10-7-8-24-25-10)17-11(5-6-13(19)20)15(23)16-9-14(21)22/h10-11,13,19-20H,1-9H2,(H,16,23)(H,17,18)(H,21,22)/t10-,11+/m1/s1. The van der Waals surface area contributed by atoms with Gasteiger partial charge >= 0.3 is 5.97 Å². The van der Waals surface area contributed by atoms with Gasteiger partial charge in [-0.3, -0.25) is 14.4 Å². The molecule has 0 aromatic rings. The van der Waals surface area contributed by atoms with Crippen molar-refractivity contribution in [3.05, 3.63) is 0 Å². The molecule has 0 spiro atoms. The minimum atomic E-state index is -1.59. The van der Waals surface area contributed by atoms with Gasteiger partial charge in [0.2, 0.25) is 11.8 Å². The van der Waals surface area contributed by atoms with E-state index >= 15 is 0 Å². The van der Waals surface area contributed by atoms with E-state index in [-0.39, 0.29) is 25.2 Å². The maximum absolute atomic E-state index is 12.0. The van der Waals surface area contributed by atoms with Crippen LogP contribution in [0.5, 0.6) is 0 Å². The van der Waals surface area contributed by atoms with Crippen LogP contribution in [0.1, 0.15) is 44.9 Å². The Hall–Kier alpha value is -0.970. The molecule has 2 amide bonds. The molecule has 1 saturated heterocycles. The SMILES string of the molecule is O=C(O)CNC(=O)[C@H](CCC(O)O)NC(=O)CCCC[C@@H]1CCSS1. The second kappa shape index (κ2) is 12.4. The third-order valence-electron chi connectivity index (χ3n) is 3.69. The molecule has 10 heteroatoms. The number of hydrogen-bond acceptors (Lipinski definition) is 7. The van der Waals surface area contributed by atoms with Gasteiger partial charge in [-0.05, 0) is 25.7 Å². The molecular weight excluding hydrogens is 368 g/mol. The average Bonchev–Trinajstić information content (AvgIpc) is 3.06. The van der Waals surface area contributed by atoms with Crippen molar-refractivity contribution in [1.82, 2.24) is 10.6 Å². The lowest BCUT2D eigenvalue weighted by molar-refractivity contribution is -0.138. The van der Waals surface area contributed by atoms with Crippen LogP contribution in [0.2, 0.25) is 0 Å². The lowest BCUT2D eigenvalue weighted by Gasteiger charge is -2.18. The van der Waals surface area contributed by atoms with Gasteiger partial charge < -0.3 is 26.0 Å². The molecule has 0 aromatic heterocycles. The molecule has 2 atom stereocenters. The third-order valence-corrected chi connectivity index (χ3v) is 6.69. The van der Waals surface area contributed by atoms with Gasteiger partial charge in [0, 0.05) is 23.8 Å². The van der Waals surface area contributed by atoms with Gasteiger partial charge in [-0.25, -0.2) is 0 Å². The monoisotopic (exact) mass is 394 g/mol. The van der Waals surface area contributed by atoms with Crippen LogP contribution in [0.25, 0.3) is 0 Å². The van der Waals surface area contributed by atoms with Crippen molar-refractivity contribution >= 4 is 39.4 Å². The molecule has 8 nitrogen and oxygen atoms in total. The van der Waals surface area contributed by atoms with Crippen LogP contribution in [-0.4, -0.2) is 63.0 Å². The lowest BCUT2D eigenvalue weighted by atomic mass is 10.1. The van der Waals surface area contributed by atoms with Crippen LogP contribution in [0, 0.1) is 0 Å². The Morgan fingerprint density at radius 1 is 1.16 bits per heavy atom. The zero-order valence-corrected chi connectivity index (χ0v) is 15.6. The number of nitrogens with one attached hydrogen (secondary N) is 2. The third kappa shape index (κ3) is 10.6. The number of carboxylic acids is 1. The molecule has 1 aliphatic heterocycles. The highest BCUT2D eigenvalue weighted by Gasteiger charge is 2.22. The molecule has 1 aliphatic rings. The molecule has 25 heavy (non-hydrogen) atoms. The first-order chi connectivity index (χ1) is 11.9. The maximum atomic E-state index is 12.0. The fourth-order valence-electron chi connectivity index (χ4n) is 2.36. The van der Waals surface area contributed by atoms with E-state index in [1.807, 2.05) is 21.6 Å². The van der Waals surface area contributed by atoms with Crippen molar-refractivity contribution in [2.75, 3.05) is 12.3 Å². The summed E-state index contributed by atoms with van der Waals surface area (Å²) < 4.78 is 0. The molecule has 0 aromatic carbocycles. The average molecular weight is 395 g/mol. The van der Waals surface area contributed by atoms with Gasteiger partial charge in [-0.15, -0.1) is 0 Å². The van der Waals surface area contributed by atoms with Gasteiger partial charge in [0.15, 0.2) is 6.29 Å². The molecule has 144 valence electrons. The lowest BCUT2D eigenvalue weighted by Crippen LogP contribution is -2.48. The van der Waals surface area contributed by atoms with Crippen molar-refractivity contribution in [3.63, 3.8) is 0 Å². The molecular formula is C15H26N2O6S2. The predicted molar refractivity (Wildman–Crippen MR) is 97.0 cm³/mol. The summed E-state index contributed by atoms with van der Waals surface area (Å²) in [5.74, 6) is -0.949. The van der Waals surface area contributed by atoms with Gasteiger partial charge in [0.1, 0.15) is 12.6 Å². The van der Waals surface area contributed by atoms with Crippen molar-refractivity contribution in [1.29, 1.82) is 0 Å². The van der Waals surface area contributed by atoms with E-state index < -0.39 is 30.8 Å².